The lowest BCUT2D eigenvalue weighted by Gasteiger charge is -2.22. The van der Waals surface area contributed by atoms with Crippen LogP contribution < -0.4 is 5.32 Å². The predicted molar refractivity (Wildman–Crippen MR) is 136 cm³/mol. The molecule has 0 aliphatic heterocycles. The molecule has 6 nitrogen and oxygen atoms in total. The van der Waals surface area contributed by atoms with E-state index < -0.39 is 0 Å². The Morgan fingerprint density at radius 3 is 2.69 bits per heavy atom. The number of guanidine groups is 1. The predicted octanol–water partition coefficient (Wildman–Crippen LogP) is 4.92. The Morgan fingerprint density at radius 1 is 1.28 bits per heavy atom. The van der Waals surface area contributed by atoms with E-state index in [0.29, 0.717) is 6.04 Å². The number of nitrogens with one attached hydrogen (secondary N) is 1. The van der Waals surface area contributed by atoms with Crippen molar-refractivity contribution in [2.75, 3.05) is 33.4 Å². The van der Waals surface area contributed by atoms with Crippen LogP contribution in [0.4, 0.5) is 0 Å². The minimum Gasteiger partial charge on any atom is -0.356 e. The lowest BCUT2D eigenvalue weighted by Crippen LogP contribution is -2.39. The summed E-state index contributed by atoms with van der Waals surface area (Å²) in [7, 11) is 3.97. The smallest absolute Gasteiger partial charge is 0.193 e. The summed E-state index contributed by atoms with van der Waals surface area (Å²) in [5.41, 5.74) is 0. The second kappa shape index (κ2) is 15.1. The molecule has 0 saturated heterocycles. The van der Waals surface area contributed by atoms with Gasteiger partial charge in [-0.1, -0.05) is 37.1 Å². The van der Waals surface area contributed by atoms with E-state index in [2.05, 4.69) is 49.9 Å². The van der Waals surface area contributed by atoms with Crippen molar-refractivity contribution >= 4 is 41.7 Å². The Balaban J connectivity index is 0.00000420. The van der Waals surface area contributed by atoms with Crippen LogP contribution in [0.1, 0.15) is 69.7 Å². The fourth-order valence-electron chi connectivity index (χ4n) is 3.90. The van der Waals surface area contributed by atoms with Gasteiger partial charge in [-0.15, -0.1) is 40.8 Å². The number of unbranched alkanes of at least 4 members (excludes halogenated alkanes) is 3. The largest absolute Gasteiger partial charge is 0.356 e. The fourth-order valence-corrected chi connectivity index (χ4v) is 4.47. The molecule has 1 fully saturated rings. The maximum absolute atomic E-state index is 4.49. The topological polar surface area (TPSA) is 58.3 Å². The molecule has 29 heavy (non-hydrogen) atoms. The quantitative estimate of drug-likeness (QED) is 0.103. The number of hydrogen-bond donors (Lipinski definition) is 1. The molecule has 0 bridgehead atoms. The number of allylic oxidation sites excluding steroid dienone is 1. The Hall–Kier alpha value is -0.770. The molecule has 0 amide bonds. The Kier molecular flexibility index (Phi) is 13.7. The zero-order valence-electron chi connectivity index (χ0n) is 18.4. The van der Waals surface area contributed by atoms with Crippen molar-refractivity contribution in [3.05, 3.63) is 18.5 Å². The van der Waals surface area contributed by atoms with Crippen molar-refractivity contribution in [1.82, 2.24) is 25.0 Å². The molecular formula is C21H39IN6S. The van der Waals surface area contributed by atoms with E-state index in [1.54, 1.807) is 11.8 Å². The molecule has 0 spiro atoms. The second-order valence-corrected chi connectivity index (χ2v) is 8.32. The molecule has 1 aromatic heterocycles. The van der Waals surface area contributed by atoms with E-state index in [1.807, 2.05) is 13.1 Å². The summed E-state index contributed by atoms with van der Waals surface area (Å²) in [5.74, 6) is 2.12. The lowest BCUT2D eigenvalue weighted by atomic mass is 10.2. The first-order valence-corrected chi connectivity index (χ1v) is 11.9. The van der Waals surface area contributed by atoms with Crippen molar-refractivity contribution in [3.63, 3.8) is 0 Å². The molecule has 1 aliphatic rings. The van der Waals surface area contributed by atoms with Crippen LogP contribution in [0.15, 0.2) is 22.8 Å². The molecule has 1 N–H and O–H groups in total. The molecule has 0 radical (unpaired) electrons. The number of thioether (sulfide) groups is 1. The minimum absolute atomic E-state index is 0. The van der Waals surface area contributed by atoms with Gasteiger partial charge in [0.15, 0.2) is 11.1 Å². The molecule has 0 atom stereocenters. The molecule has 0 unspecified atom stereocenters. The molecule has 1 saturated carbocycles. The lowest BCUT2D eigenvalue weighted by molar-refractivity contribution is 0.450. The second-order valence-electron chi connectivity index (χ2n) is 7.55. The van der Waals surface area contributed by atoms with E-state index >= 15 is 0 Å². The fraction of sp³-hybridized carbons (Fsp3) is 0.762. The van der Waals surface area contributed by atoms with Crippen molar-refractivity contribution < 1.29 is 0 Å². The highest BCUT2D eigenvalue weighted by Gasteiger charge is 2.23. The third kappa shape index (κ3) is 8.47. The van der Waals surface area contributed by atoms with Crippen LogP contribution in [0.2, 0.25) is 0 Å². The number of aryl methyl sites for hydroxylation is 1. The normalized spacial score (nSPS) is 14.7. The minimum atomic E-state index is 0. The first-order chi connectivity index (χ1) is 13.7. The van der Waals surface area contributed by atoms with E-state index in [-0.39, 0.29) is 24.0 Å². The summed E-state index contributed by atoms with van der Waals surface area (Å²) in [4.78, 5) is 6.65. The molecule has 166 valence electrons. The first kappa shape index (κ1) is 26.3. The zero-order valence-corrected chi connectivity index (χ0v) is 21.5. The van der Waals surface area contributed by atoms with Gasteiger partial charge in [0.2, 0.25) is 0 Å². The number of aliphatic imine (C=N–C) groups is 1. The van der Waals surface area contributed by atoms with Crippen LogP contribution in [0.5, 0.6) is 0 Å². The summed E-state index contributed by atoms with van der Waals surface area (Å²) in [6, 6.07) is 0.598. The number of halogens is 1. The molecule has 1 heterocycles. The van der Waals surface area contributed by atoms with E-state index in [0.717, 1.165) is 49.3 Å². The van der Waals surface area contributed by atoms with Gasteiger partial charge in [0.25, 0.3) is 0 Å². The molecule has 8 heteroatoms. The average molecular weight is 535 g/mol. The van der Waals surface area contributed by atoms with Crippen molar-refractivity contribution in [1.29, 1.82) is 0 Å². The maximum atomic E-state index is 4.49. The molecule has 1 aromatic rings. The third-order valence-corrected chi connectivity index (χ3v) is 6.09. The highest BCUT2D eigenvalue weighted by molar-refractivity contribution is 14.0. The summed E-state index contributed by atoms with van der Waals surface area (Å²) >= 11 is 1.71. The summed E-state index contributed by atoms with van der Waals surface area (Å²) in [6.45, 7) is 5.72. The van der Waals surface area contributed by atoms with E-state index in [9.17, 15) is 0 Å². The van der Waals surface area contributed by atoms with Gasteiger partial charge >= 0.3 is 0 Å². The molecule has 2 rings (SSSR count). The highest BCUT2D eigenvalue weighted by atomic mass is 127. The van der Waals surface area contributed by atoms with E-state index in [4.69, 9.17) is 0 Å². The molecular weight excluding hydrogens is 495 g/mol. The van der Waals surface area contributed by atoms with Gasteiger partial charge in [0.1, 0.15) is 5.82 Å². The number of hydrogen-bond acceptors (Lipinski definition) is 4. The maximum Gasteiger partial charge on any atom is 0.193 e. The number of rotatable bonds is 12. The van der Waals surface area contributed by atoms with Crippen LogP contribution in [-0.4, -0.2) is 59.1 Å². The van der Waals surface area contributed by atoms with Gasteiger partial charge in [-0.2, -0.15) is 0 Å². The molecule has 1 aliphatic carbocycles. The summed E-state index contributed by atoms with van der Waals surface area (Å²) in [6.07, 6.45) is 16.0. The van der Waals surface area contributed by atoms with E-state index in [1.165, 1.54) is 44.9 Å². The van der Waals surface area contributed by atoms with Crippen molar-refractivity contribution in [2.45, 2.75) is 75.4 Å². The molecule has 0 aromatic carbocycles. The highest BCUT2D eigenvalue weighted by Crippen LogP contribution is 2.33. The zero-order chi connectivity index (χ0) is 20.2. The summed E-state index contributed by atoms with van der Waals surface area (Å²) in [5, 5.41) is 13.5. The van der Waals surface area contributed by atoms with Gasteiger partial charge in [0.05, 0.1) is 0 Å². The average Bonchev–Trinajstić information content (AvgIpc) is 3.36. The van der Waals surface area contributed by atoms with Crippen molar-refractivity contribution in [3.8, 4) is 0 Å². The standard InChI is InChI=1S/C21H38N6S.HI/c1-5-6-7-8-11-17-26(3)20(22-2)23-16-12-15-19-24-25-21(28-4)27(19)18-13-9-10-14-18;/h5,18H,1,6-17H2,2-4H3,(H,22,23);1H. The van der Waals surface area contributed by atoms with Crippen LogP contribution in [-0.2, 0) is 6.42 Å². The van der Waals surface area contributed by atoms with Crippen LogP contribution in [0, 0.1) is 0 Å². The number of nitrogens with zero attached hydrogens (tertiary/aromatic N) is 5. The third-order valence-electron chi connectivity index (χ3n) is 5.44. The van der Waals surface area contributed by atoms with Crippen LogP contribution in [0.25, 0.3) is 0 Å². The van der Waals surface area contributed by atoms with Gasteiger partial charge in [-0.25, -0.2) is 0 Å². The SMILES string of the molecule is C=CCCCCCN(C)C(=NC)NCCCc1nnc(SC)n1C1CCCC1.I. The Morgan fingerprint density at radius 2 is 2.03 bits per heavy atom. The van der Waals surface area contributed by atoms with Gasteiger partial charge in [-0.3, -0.25) is 4.99 Å². The monoisotopic (exact) mass is 534 g/mol. The van der Waals surface area contributed by atoms with Gasteiger partial charge in [0, 0.05) is 39.6 Å². The van der Waals surface area contributed by atoms with Gasteiger partial charge in [-0.05, 0) is 44.8 Å². The summed E-state index contributed by atoms with van der Waals surface area (Å²) < 4.78 is 2.40. The van der Waals surface area contributed by atoms with Crippen molar-refractivity contribution in [2.24, 2.45) is 4.99 Å². The van der Waals surface area contributed by atoms with Gasteiger partial charge < -0.3 is 14.8 Å². The Bertz CT molecular complexity index is 612. The number of aromatic nitrogens is 3. The Labute approximate surface area is 198 Å². The van der Waals surface area contributed by atoms with Crippen LogP contribution >= 0.6 is 35.7 Å². The van der Waals surface area contributed by atoms with Crippen LogP contribution in [0.3, 0.4) is 0 Å². The first-order valence-electron chi connectivity index (χ1n) is 10.7.